The minimum absolute atomic E-state index is 0.135. The molecule has 0 saturated carbocycles. The van der Waals surface area contributed by atoms with Crippen LogP contribution in [0.15, 0.2) is 84.2 Å². The zero-order valence-corrected chi connectivity index (χ0v) is 25.6. The van der Waals surface area contributed by atoms with Crippen LogP contribution in [0.3, 0.4) is 0 Å². The lowest BCUT2D eigenvalue weighted by Gasteiger charge is -2.17. The smallest absolute Gasteiger partial charge is 0.253 e. The molecule has 2 unspecified atom stereocenters. The van der Waals surface area contributed by atoms with E-state index in [1.807, 2.05) is 42.6 Å². The van der Waals surface area contributed by atoms with Crippen molar-refractivity contribution in [1.82, 2.24) is 20.5 Å². The molecule has 8 heteroatoms. The Kier molecular flexibility index (Phi) is 11.3. The van der Waals surface area contributed by atoms with Gasteiger partial charge in [0.1, 0.15) is 5.75 Å². The molecule has 0 bridgehead atoms. The molecule has 3 aromatic carbocycles. The van der Waals surface area contributed by atoms with Gasteiger partial charge in [0.15, 0.2) is 0 Å². The fourth-order valence-electron chi connectivity index (χ4n) is 4.97. The van der Waals surface area contributed by atoms with Crippen LogP contribution in [0, 0.1) is 13.8 Å². The largest absolute Gasteiger partial charge is 0.497 e. The van der Waals surface area contributed by atoms with Crippen molar-refractivity contribution >= 4 is 23.2 Å². The van der Waals surface area contributed by atoms with Crippen molar-refractivity contribution in [1.29, 1.82) is 0 Å². The molecule has 1 saturated heterocycles. The van der Waals surface area contributed by atoms with Gasteiger partial charge in [0.2, 0.25) is 0 Å². The first-order valence-corrected chi connectivity index (χ1v) is 15.2. The van der Waals surface area contributed by atoms with Crippen LogP contribution in [0.5, 0.6) is 5.75 Å². The fourth-order valence-corrected chi connectivity index (χ4v) is 5.58. The normalized spacial score (nSPS) is 15.8. The predicted molar refractivity (Wildman–Crippen MR) is 169 cm³/mol. The number of aryl methyl sites for hydroxylation is 2. The van der Waals surface area contributed by atoms with Crippen LogP contribution in [0.2, 0.25) is 0 Å². The standard InChI is InChI=1S/C27H32N4O3S.C7H8/c1-18-29-23(17-35-18)16-31(2)27(33)21-8-4-7-20(14-21)26(32)28-13-12-22-10-11-25(30-22)19-6-5-9-24(15-19)34-3;1-7-5-3-2-4-6-7/h4-9,14-15,17,22,25,30H,10-13,16H2,1-3H3,(H,28,32);2-6H,1H3. The van der Waals surface area contributed by atoms with E-state index in [-0.39, 0.29) is 11.8 Å². The molecule has 1 aliphatic rings. The monoisotopic (exact) mass is 584 g/mol. The zero-order valence-electron chi connectivity index (χ0n) is 24.8. The maximum Gasteiger partial charge on any atom is 0.253 e. The number of thiazole rings is 1. The Bertz CT molecular complexity index is 1460. The average molecular weight is 585 g/mol. The summed E-state index contributed by atoms with van der Waals surface area (Å²) in [6.07, 6.45) is 2.97. The van der Waals surface area contributed by atoms with Gasteiger partial charge < -0.3 is 20.3 Å². The first-order chi connectivity index (χ1) is 20.3. The summed E-state index contributed by atoms with van der Waals surface area (Å²) < 4.78 is 5.34. The van der Waals surface area contributed by atoms with Crippen LogP contribution in [0.4, 0.5) is 0 Å². The van der Waals surface area contributed by atoms with Crippen molar-refractivity contribution in [3.8, 4) is 5.75 Å². The van der Waals surface area contributed by atoms with E-state index < -0.39 is 0 Å². The van der Waals surface area contributed by atoms with Gasteiger partial charge in [0.25, 0.3) is 11.8 Å². The van der Waals surface area contributed by atoms with Crippen molar-refractivity contribution in [3.63, 3.8) is 0 Å². The number of amides is 2. The highest BCUT2D eigenvalue weighted by Gasteiger charge is 2.25. The number of benzene rings is 3. The molecule has 2 heterocycles. The Balaban J connectivity index is 0.000000507. The Labute approximate surface area is 253 Å². The van der Waals surface area contributed by atoms with Crippen LogP contribution in [0.1, 0.15) is 67.8 Å². The molecule has 2 atom stereocenters. The Morgan fingerprint density at radius 3 is 2.45 bits per heavy atom. The highest BCUT2D eigenvalue weighted by molar-refractivity contribution is 7.09. The molecular formula is C34H40N4O3S. The van der Waals surface area contributed by atoms with Gasteiger partial charge in [0.05, 0.1) is 24.4 Å². The average Bonchev–Trinajstić information content (AvgIpc) is 3.66. The van der Waals surface area contributed by atoms with E-state index in [1.54, 1.807) is 54.7 Å². The molecular weight excluding hydrogens is 544 g/mol. The summed E-state index contributed by atoms with van der Waals surface area (Å²) in [6, 6.07) is 26.0. The van der Waals surface area contributed by atoms with E-state index in [0.717, 1.165) is 35.7 Å². The van der Waals surface area contributed by atoms with E-state index in [4.69, 9.17) is 4.74 Å². The van der Waals surface area contributed by atoms with Crippen LogP contribution < -0.4 is 15.4 Å². The molecule has 0 spiro atoms. The van der Waals surface area contributed by atoms with E-state index in [2.05, 4.69) is 46.8 Å². The first-order valence-electron chi connectivity index (χ1n) is 14.3. The minimum Gasteiger partial charge on any atom is -0.497 e. The number of hydrogen-bond acceptors (Lipinski definition) is 6. The second kappa shape index (κ2) is 15.3. The van der Waals surface area contributed by atoms with Gasteiger partial charge >= 0.3 is 0 Å². The maximum atomic E-state index is 12.9. The lowest BCUT2D eigenvalue weighted by atomic mass is 10.0. The van der Waals surface area contributed by atoms with Crippen LogP contribution in [-0.4, -0.2) is 48.4 Å². The third-order valence-corrected chi connectivity index (χ3v) is 8.06. The second-order valence-electron chi connectivity index (χ2n) is 10.6. The number of methoxy groups -OCH3 is 1. The number of hydrogen-bond donors (Lipinski definition) is 2. The van der Waals surface area contributed by atoms with Gasteiger partial charge in [-0.1, -0.05) is 54.1 Å². The molecule has 220 valence electrons. The lowest BCUT2D eigenvalue weighted by Crippen LogP contribution is -2.31. The van der Waals surface area contributed by atoms with Crippen molar-refractivity contribution in [3.05, 3.63) is 117 Å². The second-order valence-corrected chi connectivity index (χ2v) is 11.6. The third kappa shape index (κ3) is 8.99. The molecule has 2 N–H and O–H groups in total. The van der Waals surface area contributed by atoms with Gasteiger partial charge in [-0.15, -0.1) is 11.3 Å². The Hall–Kier alpha value is -4.01. The molecule has 2 amide bonds. The van der Waals surface area contributed by atoms with E-state index in [9.17, 15) is 9.59 Å². The molecule has 1 aliphatic heterocycles. The SMILES string of the molecule is COc1cccc(C2CCC(CCNC(=O)c3cccc(C(=O)N(C)Cc4csc(C)n4)c3)N2)c1.Cc1ccccc1. The predicted octanol–water partition coefficient (Wildman–Crippen LogP) is 6.34. The summed E-state index contributed by atoms with van der Waals surface area (Å²) in [7, 11) is 3.43. The summed E-state index contributed by atoms with van der Waals surface area (Å²) in [6.45, 7) is 5.03. The van der Waals surface area contributed by atoms with E-state index >= 15 is 0 Å². The summed E-state index contributed by atoms with van der Waals surface area (Å²) in [5.74, 6) is 0.564. The molecule has 1 aromatic heterocycles. The fraction of sp³-hybridized carbons (Fsp3) is 0.324. The molecule has 4 aromatic rings. The van der Waals surface area contributed by atoms with Gasteiger partial charge in [-0.25, -0.2) is 4.98 Å². The number of nitrogens with one attached hydrogen (secondary N) is 2. The summed E-state index contributed by atoms with van der Waals surface area (Å²) in [4.78, 5) is 31.6. The summed E-state index contributed by atoms with van der Waals surface area (Å²) >= 11 is 1.57. The van der Waals surface area contributed by atoms with Crippen LogP contribution in [-0.2, 0) is 6.54 Å². The molecule has 42 heavy (non-hydrogen) atoms. The highest BCUT2D eigenvalue weighted by atomic mass is 32.1. The molecule has 0 aliphatic carbocycles. The van der Waals surface area contributed by atoms with Gasteiger partial charge in [0, 0.05) is 42.2 Å². The van der Waals surface area contributed by atoms with Gasteiger partial charge in [-0.2, -0.15) is 0 Å². The molecule has 7 nitrogen and oxygen atoms in total. The quantitative estimate of drug-likeness (QED) is 0.240. The number of ether oxygens (including phenoxy) is 1. The van der Waals surface area contributed by atoms with Crippen molar-refractivity contribution < 1.29 is 14.3 Å². The topological polar surface area (TPSA) is 83.6 Å². The number of carbonyl (C=O) groups excluding carboxylic acids is 2. The highest BCUT2D eigenvalue weighted by Crippen LogP contribution is 2.29. The number of nitrogens with zero attached hydrogens (tertiary/aromatic N) is 2. The van der Waals surface area contributed by atoms with Crippen molar-refractivity contribution in [2.24, 2.45) is 0 Å². The number of carbonyl (C=O) groups is 2. The Morgan fingerprint density at radius 1 is 1.00 bits per heavy atom. The lowest BCUT2D eigenvalue weighted by molar-refractivity contribution is 0.0783. The zero-order chi connectivity index (χ0) is 29.9. The molecule has 5 rings (SSSR count). The van der Waals surface area contributed by atoms with E-state index in [0.29, 0.717) is 36.3 Å². The third-order valence-electron chi connectivity index (χ3n) is 7.24. The summed E-state index contributed by atoms with van der Waals surface area (Å²) in [5, 5.41) is 9.61. The molecule has 0 radical (unpaired) electrons. The van der Waals surface area contributed by atoms with Crippen LogP contribution in [0.25, 0.3) is 0 Å². The Morgan fingerprint density at radius 2 is 1.76 bits per heavy atom. The summed E-state index contributed by atoms with van der Waals surface area (Å²) in [5.41, 5.74) is 4.40. The minimum atomic E-state index is -0.167. The number of rotatable bonds is 9. The first kappa shape index (κ1) is 30.9. The van der Waals surface area contributed by atoms with E-state index in [1.165, 1.54) is 11.1 Å². The van der Waals surface area contributed by atoms with Gasteiger partial charge in [-0.3, -0.25) is 9.59 Å². The maximum absolute atomic E-state index is 12.9. The van der Waals surface area contributed by atoms with Crippen molar-refractivity contribution in [2.45, 2.75) is 51.7 Å². The number of aromatic nitrogens is 1. The van der Waals surface area contributed by atoms with Gasteiger partial charge in [-0.05, 0) is 69.0 Å². The molecule has 1 fully saturated rings. The van der Waals surface area contributed by atoms with Crippen LogP contribution >= 0.6 is 11.3 Å². The van der Waals surface area contributed by atoms with Crippen molar-refractivity contribution in [2.75, 3.05) is 20.7 Å².